The summed E-state index contributed by atoms with van der Waals surface area (Å²) in [6, 6.07) is 6.95. The third-order valence-electron chi connectivity index (χ3n) is 3.48. The van der Waals surface area contributed by atoms with Crippen LogP contribution in [0.5, 0.6) is 0 Å². The van der Waals surface area contributed by atoms with Crippen LogP contribution in [0.2, 0.25) is 0 Å². The number of fused-ring (bicyclic) bond motifs is 1. The number of aromatic amines is 1. The van der Waals surface area contributed by atoms with Gasteiger partial charge in [0.25, 0.3) is 0 Å². The summed E-state index contributed by atoms with van der Waals surface area (Å²) in [6.45, 7) is 1.97. The minimum atomic E-state index is -0.869. The van der Waals surface area contributed by atoms with Crippen molar-refractivity contribution >= 4 is 16.9 Å². The molecule has 0 aliphatic carbocycles. The first-order valence-electron chi connectivity index (χ1n) is 6.24. The molecular formula is C14H19N3O2. The van der Waals surface area contributed by atoms with Crippen molar-refractivity contribution in [1.82, 2.24) is 15.6 Å². The quantitative estimate of drug-likeness (QED) is 0.656. The van der Waals surface area contributed by atoms with Crippen LogP contribution in [0.3, 0.4) is 0 Å². The Morgan fingerprint density at radius 2 is 1.95 bits per heavy atom. The smallest absolute Gasteiger partial charge is 0.322 e. The van der Waals surface area contributed by atoms with E-state index in [0.29, 0.717) is 0 Å². The monoisotopic (exact) mass is 261 g/mol. The molecule has 0 aliphatic heterocycles. The number of aryl methyl sites for hydroxylation is 1. The molecule has 0 aliphatic rings. The molecule has 0 radical (unpaired) electrons. The van der Waals surface area contributed by atoms with Crippen molar-refractivity contribution in [3.63, 3.8) is 0 Å². The van der Waals surface area contributed by atoms with Crippen molar-refractivity contribution < 1.29 is 9.90 Å². The molecule has 2 atom stereocenters. The van der Waals surface area contributed by atoms with Crippen molar-refractivity contribution in [3.05, 3.63) is 35.5 Å². The number of aliphatic carboxylic acids is 1. The van der Waals surface area contributed by atoms with Crippen LogP contribution in [0.1, 0.15) is 17.3 Å². The van der Waals surface area contributed by atoms with E-state index in [0.717, 1.165) is 22.2 Å². The summed E-state index contributed by atoms with van der Waals surface area (Å²) < 4.78 is 0. The largest absolute Gasteiger partial charge is 0.480 e. The fraction of sp³-hybridized carbons (Fsp3) is 0.357. The average molecular weight is 261 g/mol. The second kappa shape index (κ2) is 5.42. The first-order valence-corrected chi connectivity index (χ1v) is 6.24. The molecule has 19 heavy (non-hydrogen) atoms. The summed E-state index contributed by atoms with van der Waals surface area (Å²) in [6.07, 6.45) is 0. The van der Waals surface area contributed by atoms with Crippen molar-refractivity contribution in [3.8, 4) is 0 Å². The van der Waals surface area contributed by atoms with E-state index in [-0.39, 0.29) is 6.04 Å². The standard InChI is InChI=1S/C14H19N3O2/c1-8-11(9-6-4-5-7-10(9)17-8)12(15-2)13(16-3)14(18)19/h4-7,12-13,15-17H,1-3H3,(H,18,19). The molecule has 1 heterocycles. The summed E-state index contributed by atoms with van der Waals surface area (Å²) in [7, 11) is 3.44. The van der Waals surface area contributed by atoms with Crippen LogP contribution in [0.15, 0.2) is 24.3 Å². The van der Waals surface area contributed by atoms with Crippen molar-refractivity contribution in [1.29, 1.82) is 0 Å². The molecule has 2 aromatic rings. The number of likely N-dealkylation sites (N-methyl/N-ethyl adjacent to an activating group) is 2. The highest BCUT2D eigenvalue weighted by Gasteiger charge is 2.29. The van der Waals surface area contributed by atoms with Gasteiger partial charge in [0, 0.05) is 16.6 Å². The minimum absolute atomic E-state index is 0.293. The van der Waals surface area contributed by atoms with Gasteiger partial charge in [-0.05, 0) is 32.6 Å². The molecule has 5 heteroatoms. The maximum atomic E-state index is 11.4. The summed E-state index contributed by atoms with van der Waals surface area (Å²) in [4.78, 5) is 14.7. The van der Waals surface area contributed by atoms with E-state index < -0.39 is 12.0 Å². The number of H-pyrrole nitrogens is 1. The molecule has 5 nitrogen and oxygen atoms in total. The number of carbonyl (C=O) groups is 1. The average Bonchev–Trinajstić information content (AvgIpc) is 2.71. The van der Waals surface area contributed by atoms with E-state index in [1.165, 1.54) is 0 Å². The lowest BCUT2D eigenvalue weighted by Gasteiger charge is -2.23. The van der Waals surface area contributed by atoms with Crippen LogP contribution < -0.4 is 10.6 Å². The number of hydrogen-bond acceptors (Lipinski definition) is 3. The Bertz CT molecular complexity index is 591. The maximum Gasteiger partial charge on any atom is 0.322 e. The molecule has 0 saturated heterocycles. The highest BCUT2D eigenvalue weighted by atomic mass is 16.4. The Hall–Kier alpha value is -1.85. The third kappa shape index (κ3) is 2.34. The Kier molecular flexibility index (Phi) is 3.87. The first-order chi connectivity index (χ1) is 9.10. The number of carboxylic acids is 1. The molecule has 1 aromatic heterocycles. The number of aromatic nitrogens is 1. The van der Waals surface area contributed by atoms with Crippen LogP contribution >= 0.6 is 0 Å². The van der Waals surface area contributed by atoms with Gasteiger partial charge in [-0.3, -0.25) is 4.79 Å². The van der Waals surface area contributed by atoms with E-state index in [1.54, 1.807) is 14.1 Å². The lowest BCUT2D eigenvalue weighted by atomic mass is 9.96. The van der Waals surface area contributed by atoms with Gasteiger partial charge in [-0.25, -0.2) is 0 Å². The van der Waals surface area contributed by atoms with E-state index in [9.17, 15) is 9.90 Å². The van der Waals surface area contributed by atoms with Crippen LogP contribution in [0.25, 0.3) is 10.9 Å². The van der Waals surface area contributed by atoms with Crippen LogP contribution in [0, 0.1) is 6.92 Å². The Balaban J connectivity index is 2.57. The zero-order chi connectivity index (χ0) is 14.0. The molecule has 4 N–H and O–H groups in total. The molecule has 0 saturated carbocycles. The molecule has 0 spiro atoms. The lowest BCUT2D eigenvalue weighted by molar-refractivity contribution is -0.140. The topological polar surface area (TPSA) is 77.2 Å². The van der Waals surface area contributed by atoms with Gasteiger partial charge in [-0.2, -0.15) is 0 Å². The number of carboxylic acid groups (broad SMARTS) is 1. The third-order valence-corrected chi connectivity index (χ3v) is 3.48. The van der Waals surface area contributed by atoms with E-state index in [1.807, 2.05) is 31.2 Å². The molecule has 102 valence electrons. The molecule has 0 amide bonds. The van der Waals surface area contributed by atoms with Gasteiger partial charge in [-0.1, -0.05) is 18.2 Å². The number of benzene rings is 1. The predicted octanol–water partition coefficient (Wildman–Crippen LogP) is 1.41. The second-order valence-electron chi connectivity index (χ2n) is 4.58. The SMILES string of the molecule is CNC(C(=O)O)C(NC)c1c(C)[nH]c2ccccc12. The number of para-hydroxylation sites is 1. The van der Waals surface area contributed by atoms with Gasteiger partial charge >= 0.3 is 5.97 Å². The normalized spacial score (nSPS) is 14.5. The van der Waals surface area contributed by atoms with Crippen LogP contribution in [-0.4, -0.2) is 36.2 Å². The van der Waals surface area contributed by atoms with Gasteiger partial charge in [0.15, 0.2) is 0 Å². The number of hydrogen-bond donors (Lipinski definition) is 4. The van der Waals surface area contributed by atoms with Gasteiger partial charge in [0.05, 0.1) is 6.04 Å². The van der Waals surface area contributed by atoms with Crippen molar-refractivity contribution in [2.75, 3.05) is 14.1 Å². The first kappa shape index (κ1) is 13.6. The maximum absolute atomic E-state index is 11.4. The molecule has 2 rings (SSSR count). The van der Waals surface area contributed by atoms with Crippen LogP contribution in [0.4, 0.5) is 0 Å². The molecule has 2 unspecified atom stereocenters. The van der Waals surface area contributed by atoms with Gasteiger partial charge < -0.3 is 20.7 Å². The Morgan fingerprint density at radius 3 is 2.53 bits per heavy atom. The summed E-state index contributed by atoms with van der Waals surface area (Å²) in [5.74, 6) is -0.869. The zero-order valence-electron chi connectivity index (χ0n) is 11.3. The molecule has 0 bridgehead atoms. The number of nitrogens with one attached hydrogen (secondary N) is 3. The summed E-state index contributed by atoms with van der Waals surface area (Å²) >= 11 is 0. The van der Waals surface area contributed by atoms with Crippen molar-refractivity contribution in [2.24, 2.45) is 0 Å². The van der Waals surface area contributed by atoms with E-state index >= 15 is 0 Å². The second-order valence-corrected chi connectivity index (χ2v) is 4.58. The minimum Gasteiger partial charge on any atom is -0.480 e. The molecular weight excluding hydrogens is 242 g/mol. The number of rotatable bonds is 5. The predicted molar refractivity (Wildman–Crippen MR) is 75.3 cm³/mol. The van der Waals surface area contributed by atoms with Crippen molar-refractivity contribution in [2.45, 2.75) is 19.0 Å². The molecule has 0 fully saturated rings. The lowest BCUT2D eigenvalue weighted by Crippen LogP contribution is -2.44. The van der Waals surface area contributed by atoms with Crippen LogP contribution in [-0.2, 0) is 4.79 Å². The van der Waals surface area contributed by atoms with E-state index in [2.05, 4.69) is 15.6 Å². The summed E-state index contributed by atoms with van der Waals surface area (Å²) in [5.41, 5.74) is 3.01. The van der Waals surface area contributed by atoms with Gasteiger partial charge in [0.2, 0.25) is 0 Å². The zero-order valence-corrected chi connectivity index (χ0v) is 11.3. The fourth-order valence-corrected chi connectivity index (χ4v) is 2.61. The fourth-order valence-electron chi connectivity index (χ4n) is 2.61. The summed E-state index contributed by atoms with van der Waals surface area (Å²) in [5, 5.41) is 16.3. The van der Waals surface area contributed by atoms with E-state index in [4.69, 9.17) is 0 Å². The highest BCUT2D eigenvalue weighted by molar-refractivity contribution is 5.86. The van der Waals surface area contributed by atoms with Gasteiger partial charge in [0.1, 0.15) is 6.04 Å². The Labute approximate surface area is 112 Å². The molecule has 1 aromatic carbocycles. The Morgan fingerprint density at radius 1 is 1.26 bits per heavy atom. The van der Waals surface area contributed by atoms with Gasteiger partial charge in [-0.15, -0.1) is 0 Å². The highest BCUT2D eigenvalue weighted by Crippen LogP contribution is 2.29.